The number of nitrogens with one attached hydrogen (secondary N) is 1. The van der Waals surface area contributed by atoms with Crippen molar-refractivity contribution in [3.05, 3.63) is 40.9 Å². The second-order valence-corrected chi connectivity index (χ2v) is 10.8. The van der Waals surface area contributed by atoms with Crippen molar-refractivity contribution >= 4 is 40.2 Å². The van der Waals surface area contributed by atoms with Crippen LogP contribution < -0.4 is 10.1 Å². The van der Waals surface area contributed by atoms with E-state index in [-0.39, 0.29) is 16.1 Å². The van der Waals surface area contributed by atoms with Crippen molar-refractivity contribution in [1.29, 1.82) is 0 Å². The molecule has 0 aliphatic carbocycles. The predicted molar refractivity (Wildman–Crippen MR) is 176 cm³/mol. The summed E-state index contributed by atoms with van der Waals surface area (Å²) in [5.41, 5.74) is 2.29. The summed E-state index contributed by atoms with van der Waals surface area (Å²) in [7, 11) is 1.53. The molecule has 2 aromatic heterocycles. The lowest BCUT2D eigenvalue weighted by Gasteiger charge is -2.19. The number of methoxy groups -OCH3 is 1. The lowest BCUT2D eigenvalue weighted by atomic mass is 9.91. The van der Waals surface area contributed by atoms with Gasteiger partial charge in [-0.25, -0.2) is 4.98 Å². The number of aliphatic imine (C=N–C) groups is 1. The molecule has 2 heterocycles. The number of thioether (sulfide) groups is 1. The van der Waals surface area contributed by atoms with Crippen LogP contribution in [0.25, 0.3) is 11.1 Å². The molecule has 2 unspecified atom stereocenters. The summed E-state index contributed by atoms with van der Waals surface area (Å²) >= 11 is 7.37. The van der Waals surface area contributed by atoms with E-state index in [1.165, 1.54) is 45.1 Å². The summed E-state index contributed by atoms with van der Waals surface area (Å²) < 4.78 is 11.4. The Bertz CT molecular complexity index is 1180. The Labute approximate surface area is 261 Å². The van der Waals surface area contributed by atoms with Crippen LogP contribution in [0.2, 0.25) is 5.15 Å². The molecule has 2 aromatic rings. The number of halogens is 1. The van der Waals surface area contributed by atoms with Crippen molar-refractivity contribution in [2.24, 2.45) is 16.8 Å². The molecule has 1 N–H and O–H groups in total. The van der Waals surface area contributed by atoms with E-state index >= 15 is 0 Å². The molecule has 0 aliphatic rings. The van der Waals surface area contributed by atoms with E-state index in [9.17, 15) is 9.59 Å². The normalized spacial score (nSPS) is 12.0. The Kier molecular flexibility index (Phi) is 21.1. The van der Waals surface area contributed by atoms with Crippen LogP contribution in [0.1, 0.15) is 90.2 Å². The lowest BCUT2D eigenvalue weighted by Crippen LogP contribution is -2.29. The highest BCUT2D eigenvalue weighted by atomic mass is 35.5. The van der Waals surface area contributed by atoms with Gasteiger partial charge in [-0.15, -0.1) is 0 Å². The van der Waals surface area contributed by atoms with Crippen molar-refractivity contribution in [3.8, 4) is 29.3 Å². The molecule has 0 spiro atoms. The first-order chi connectivity index (χ1) is 20.1. The summed E-state index contributed by atoms with van der Waals surface area (Å²) in [5.74, 6) is 1.75. The van der Waals surface area contributed by atoms with Gasteiger partial charge in [-0.3, -0.25) is 9.78 Å². The molecule has 1 amide bonds. The van der Waals surface area contributed by atoms with Crippen LogP contribution in [-0.2, 0) is 9.53 Å². The highest BCUT2D eigenvalue weighted by molar-refractivity contribution is 8.13. The molecular formula is C32H47ClN4O4S. The predicted octanol–water partition coefficient (Wildman–Crippen LogP) is 7.97. The SMILES string of the molecule is C#CN=C(NC(=O)c1cnc(C)cc1-c1cc(Cl)ncc1OC)SCOCC(CCC)CC(C)CC.CC.CC(C)=O. The van der Waals surface area contributed by atoms with Crippen LogP contribution in [0, 0.1) is 31.2 Å². The average molecular weight is 619 g/mol. The Balaban J connectivity index is 0.00000257. The van der Waals surface area contributed by atoms with Gasteiger partial charge >= 0.3 is 0 Å². The van der Waals surface area contributed by atoms with Gasteiger partial charge in [-0.05, 0) is 57.6 Å². The van der Waals surface area contributed by atoms with E-state index in [0.29, 0.717) is 46.8 Å². The van der Waals surface area contributed by atoms with Crippen molar-refractivity contribution in [2.75, 3.05) is 19.7 Å². The number of ether oxygens (including phenoxy) is 2. The number of aromatic nitrogens is 2. The number of hydrogen-bond acceptors (Lipinski definition) is 8. The lowest BCUT2D eigenvalue weighted by molar-refractivity contribution is -0.115. The zero-order chi connectivity index (χ0) is 32.1. The number of pyridine rings is 2. The molecule has 2 atom stereocenters. The van der Waals surface area contributed by atoms with Gasteiger partial charge in [0, 0.05) is 29.1 Å². The van der Waals surface area contributed by atoms with Crippen LogP contribution in [0.3, 0.4) is 0 Å². The van der Waals surface area contributed by atoms with Crippen LogP contribution in [0.15, 0.2) is 29.5 Å². The first kappa shape index (κ1) is 39.1. The van der Waals surface area contributed by atoms with Gasteiger partial charge in [-0.2, -0.15) is 4.99 Å². The molecule has 0 bridgehead atoms. The minimum atomic E-state index is -0.408. The molecule has 0 saturated carbocycles. The number of nitrogens with zero attached hydrogens (tertiary/aromatic N) is 3. The summed E-state index contributed by atoms with van der Waals surface area (Å²) in [6.07, 6.45) is 13.0. The standard InChI is InChI=1S/C27H35ClN4O3S.C3H6O.C2H6/c1-7-10-20(11-18(4)8-2)16-35-17-36-27(29-9-3)32-26(33)23-14-30-19(5)12-21(23)22-13-25(28)31-15-24(22)34-6;1-3(2)4;1-2/h3,12-15,18,20H,7-8,10-11,16-17H2,1-2,4-6H3,(H,29,32,33);1-2H3;1-2H3. The van der Waals surface area contributed by atoms with Gasteiger partial charge < -0.3 is 19.6 Å². The first-order valence-electron chi connectivity index (χ1n) is 14.2. The molecule has 232 valence electrons. The summed E-state index contributed by atoms with van der Waals surface area (Å²) in [6, 6.07) is 5.69. The van der Waals surface area contributed by atoms with Crippen molar-refractivity contribution in [3.63, 3.8) is 0 Å². The minimum Gasteiger partial charge on any atom is -0.494 e. The molecule has 0 saturated heterocycles. The first-order valence-corrected chi connectivity index (χ1v) is 15.6. The van der Waals surface area contributed by atoms with E-state index < -0.39 is 5.91 Å². The third kappa shape index (κ3) is 15.3. The number of carbonyl (C=O) groups is 2. The molecule has 0 aliphatic heterocycles. The monoisotopic (exact) mass is 618 g/mol. The van der Waals surface area contributed by atoms with Crippen molar-refractivity contribution in [1.82, 2.24) is 15.3 Å². The van der Waals surface area contributed by atoms with Gasteiger partial charge in [0.25, 0.3) is 5.91 Å². The van der Waals surface area contributed by atoms with Crippen molar-refractivity contribution < 1.29 is 19.1 Å². The maximum absolute atomic E-state index is 13.3. The Morgan fingerprint density at radius 1 is 1.17 bits per heavy atom. The molecule has 2 rings (SSSR count). The van der Waals surface area contributed by atoms with Crippen LogP contribution in [-0.4, -0.2) is 46.5 Å². The number of rotatable bonds is 12. The quantitative estimate of drug-likeness (QED) is 0.0642. The Hall–Kier alpha value is -2.93. The van der Waals surface area contributed by atoms with Gasteiger partial charge in [0.15, 0.2) is 5.17 Å². The number of hydrogen-bond donors (Lipinski definition) is 1. The van der Waals surface area contributed by atoms with Gasteiger partial charge in [0.05, 0.1) is 31.4 Å². The smallest absolute Gasteiger partial charge is 0.259 e. The zero-order valence-corrected chi connectivity index (χ0v) is 28.1. The van der Waals surface area contributed by atoms with Crippen LogP contribution >= 0.6 is 23.4 Å². The number of aryl methyl sites for hydroxylation is 1. The topological polar surface area (TPSA) is 103 Å². The van der Waals surface area contributed by atoms with Gasteiger partial charge in [0.1, 0.15) is 16.7 Å². The second kappa shape index (κ2) is 22.6. The Morgan fingerprint density at radius 2 is 1.83 bits per heavy atom. The fourth-order valence-electron chi connectivity index (χ4n) is 3.80. The molecule has 10 heteroatoms. The fourth-order valence-corrected chi connectivity index (χ4v) is 4.53. The molecule has 0 fully saturated rings. The van der Waals surface area contributed by atoms with E-state index in [0.717, 1.165) is 31.4 Å². The number of Topliss-reactive ketones (excluding diaryl/α,β-unsaturated/α-hetero) is 1. The van der Waals surface area contributed by atoms with Crippen molar-refractivity contribution in [2.45, 2.75) is 81.1 Å². The Morgan fingerprint density at radius 3 is 2.40 bits per heavy atom. The number of amides is 1. The average Bonchev–Trinajstić information content (AvgIpc) is 2.95. The summed E-state index contributed by atoms with van der Waals surface area (Å²) in [5, 5.41) is 3.35. The molecule has 0 aromatic carbocycles. The highest BCUT2D eigenvalue weighted by Crippen LogP contribution is 2.33. The maximum atomic E-state index is 13.3. The summed E-state index contributed by atoms with van der Waals surface area (Å²) in [6.45, 7) is 16.2. The van der Waals surface area contributed by atoms with E-state index in [1.54, 1.807) is 12.1 Å². The largest absolute Gasteiger partial charge is 0.494 e. The number of ketones is 1. The second-order valence-electron chi connectivity index (χ2n) is 9.52. The third-order valence-electron chi connectivity index (χ3n) is 5.78. The number of carbonyl (C=O) groups excluding carboxylic acids is 2. The zero-order valence-electron chi connectivity index (χ0n) is 26.5. The minimum absolute atomic E-state index is 0.167. The number of terminal acetylenes is 1. The number of amidine groups is 1. The van der Waals surface area contributed by atoms with Gasteiger partial charge in [-0.1, -0.05) is 77.2 Å². The van der Waals surface area contributed by atoms with Gasteiger partial charge in [0.2, 0.25) is 0 Å². The fraction of sp³-hybridized carbons (Fsp3) is 0.531. The third-order valence-corrected chi connectivity index (χ3v) is 6.74. The molecule has 0 radical (unpaired) electrons. The molecule has 8 nitrogen and oxygen atoms in total. The van der Waals surface area contributed by atoms with E-state index in [2.05, 4.69) is 47.1 Å². The van der Waals surface area contributed by atoms with E-state index in [4.69, 9.17) is 27.5 Å². The summed E-state index contributed by atoms with van der Waals surface area (Å²) in [4.78, 5) is 35.0. The van der Waals surface area contributed by atoms with Crippen LogP contribution in [0.5, 0.6) is 5.75 Å². The maximum Gasteiger partial charge on any atom is 0.259 e. The molecule has 42 heavy (non-hydrogen) atoms. The van der Waals surface area contributed by atoms with Crippen LogP contribution in [0.4, 0.5) is 0 Å². The molecular weight excluding hydrogens is 572 g/mol. The van der Waals surface area contributed by atoms with E-state index in [1.807, 2.05) is 20.8 Å². The highest BCUT2D eigenvalue weighted by Gasteiger charge is 2.20.